The van der Waals surface area contributed by atoms with Crippen LogP contribution < -0.4 is 5.32 Å². The molecule has 150 valence electrons. The summed E-state index contributed by atoms with van der Waals surface area (Å²) in [6.45, 7) is 3.08. The molecule has 7 nitrogen and oxygen atoms in total. The highest BCUT2D eigenvalue weighted by Gasteiger charge is 2.32. The van der Waals surface area contributed by atoms with E-state index in [-0.39, 0.29) is 17.9 Å². The fourth-order valence-corrected chi connectivity index (χ4v) is 3.71. The van der Waals surface area contributed by atoms with Gasteiger partial charge in [0.05, 0.1) is 25.0 Å². The van der Waals surface area contributed by atoms with Crippen molar-refractivity contribution in [1.29, 1.82) is 0 Å². The van der Waals surface area contributed by atoms with Gasteiger partial charge in [-0.05, 0) is 36.5 Å². The number of methoxy groups -OCH3 is 1. The Labute approximate surface area is 173 Å². The first-order chi connectivity index (χ1) is 13.5. The van der Waals surface area contributed by atoms with Crippen molar-refractivity contribution in [3.8, 4) is 11.3 Å². The van der Waals surface area contributed by atoms with Crippen molar-refractivity contribution in [2.24, 2.45) is 5.92 Å². The van der Waals surface area contributed by atoms with Crippen LogP contribution in [0.3, 0.4) is 0 Å². The smallest absolute Gasteiger partial charge is 0.406 e. The molecule has 1 saturated heterocycles. The number of nitrogens with one attached hydrogen (secondary N) is 2. The Morgan fingerprint density at radius 3 is 2.86 bits per heavy atom. The fraction of sp³-hybridized carbons (Fsp3) is 0.450. The number of hydrogen-bond donors (Lipinski definition) is 2. The summed E-state index contributed by atoms with van der Waals surface area (Å²) in [5, 5.41) is 2.64. The summed E-state index contributed by atoms with van der Waals surface area (Å²) in [6.07, 6.45) is 3.57. The molecule has 0 saturated carbocycles. The maximum Gasteiger partial charge on any atom is 0.406 e. The van der Waals surface area contributed by atoms with Crippen LogP contribution >= 0.6 is 15.9 Å². The normalized spacial score (nSPS) is 17.4. The molecule has 1 aromatic carbocycles. The molecule has 1 aliphatic heterocycles. The molecular formula is C20H25BrN4O3. The van der Waals surface area contributed by atoms with E-state index in [1.54, 1.807) is 0 Å². The third-order valence-electron chi connectivity index (χ3n) is 4.94. The molecular weight excluding hydrogens is 424 g/mol. The van der Waals surface area contributed by atoms with Crippen LogP contribution in [-0.4, -0.2) is 47.1 Å². The molecule has 3 rings (SSSR count). The lowest BCUT2D eigenvalue weighted by molar-refractivity contribution is -0.133. The Morgan fingerprint density at radius 1 is 1.39 bits per heavy atom. The highest BCUT2D eigenvalue weighted by Crippen LogP contribution is 2.32. The molecule has 2 aromatic rings. The van der Waals surface area contributed by atoms with Gasteiger partial charge in [-0.2, -0.15) is 0 Å². The molecule has 1 aromatic heterocycles. The number of imidazole rings is 1. The number of aromatic nitrogens is 2. The second-order valence-electron chi connectivity index (χ2n) is 7.12. The number of alkyl carbamates (subject to hydrolysis) is 1. The van der Waals surface area contributed by atoms with Gasteiger partial charge in [0, 0.05) is 24.0 Å². The van der Waals surface area contributed by atoms with Crippen molar-refractivity contribution in [2.75, 3.05) is 20.2 Å². The van der Waals surface area contributed by atoms with Gasteiger partial charge < -0.3 is 19.9 Å². The summed E-state index contributed by atoms with van der Waals surface area (Å²) in [5.41, 5.74) is 2.00. The number of hydrogen-bond acceptors (Lipinski definition) is 4. The van der Waals surface area contributed by atoms with Gasteiger partial charge >= 0.3 is 6.09 Å². The highest BCUT2D eigenvalue weighted by atomic mass is 79.9. The molecule has 0 bridgehead atoms. The van der Waals surface area contributed by atoms with Crippen molar-refractivity contribution in [2.45, 2.75) is 32.2 Å². The van der Waals surface area contributed by atoms with Crippen LogP contribution in [0.4, 0.5) is 4.79 Å². The van der Waals surface area contributed by atoms with E-state index in [1.165, 1.54) is 7.11 Å². The van der Waals surface area contributed by atoms with Crippen LogP contribution in [0, 0.1) is 5.92 Å². The lowest BCUT2D eigenvalue weighted by Gasteiger charge is -2.24. The van der Waals surface area contributed by atoms with Gasteiger partial charge in [0.2, 0.25) is 5.91 Å². The second-order valence-corrected chi connectivity index (χ2v) is 8.03. The summed E-state index contributed by atoms with van der Waals surface area (Å²) in [7, 11) is 1.33. The van der Waals surface area contributed by atoms with Gasteiger partial charge in [-0.1, -0.05) is 35.0 Å². The predicted molar refractivity (Wildman–Crippen MR) is 110 cm³/mol. The quantitative estimate of drug-likeness (QED) is 0.701. The van der Waals surface area contributed by atoms with E-state index in [0.717, 1.165) is 40.9 Å². The van der Waals surface area contributed by atoms with Crippen LogP contribution in [-0.2, 0) is 9.53 Å². The number of nitrogens with zero attached hydrogens (tertiary/aromatic N) is 2. The monoisotopic (exact) mass is 448 g/mol. The number of rotatable bonds is 6. The molecule has 0 radical (unpaired) electrons. The Bertz CT molecular complexity index is 821. The zero-order chi connectivity index (χ0) is 20.1. The van der Waals surface area contributed by atoms with E-state index in [1.807, 2.05) is 42.3 Å². The van der Waals surface area contributed by atoms with Crippen LogP contribution in [0.5, 0.6) is 0 Å². The van der Waals surface area contributed by atoms with Gasteiger partial charge in [0.25, 0.3) is 0 Å². The summed E-state index contributed by atoms with van der Waals surface area (Å²) in [5.74, 6) is 0.940. The Hall–Kier alpha value is -2.35. The third-order valence-corrected chi connectivity index (χ3v) is 5.47. The molecule has 0 spiro atoms. The lowest BCUT2D eigenvalue weighted by Crippen LogP contribution is -2.35. The molecule has 2 heterocycles. The first-order valence-electron chi connectivity index (χ1n) is 9.40. The average Bonchev–Trinajstić information content (AvgIpc) is 3.35. The standard InChI is InChI=1S/C20H25BrN4O3/c1-13(11-23-20(27)28-2)10-18(26)25-9-3-4-17(25)19-22-12-16(24-19)14-5-7-15(21)8-6-14/h5-8,12-13,17H,3-4,9-11H2,1-2H3,(H,22,24)(H,23,27). The van der Waals surface area contributed by atoms with Crippen LogP contribution in [0.25, 0.3) is 11.3 Å². The fourth-order valence-electron chi connectivity index (χ4n) is 3.45. The predicted octanol–water partition coefficient (Wildman–Crippen LogP) is 3.88. The van der Waals surface area contributed by atoms with Crippen molar-refractivity contribution in [3.05, 3.63) is 40.8 Å². The Morgan fingerprint density at radius 2 is 2.14 bits per heavy atom. The molecule has 0 aliphatic carbocycles. The minimum absolute atomic E-state index is 0.0301. The second kappa shape index (κ2) is 9.23. The molecule has 2 unspecified atom stereocenters. The molecule has 8 heteroatoms. The molecule has 2 atom stereocenters. The van der Waals surface area contributed by atoms with Crippen LogP contribution in [0.2, 0.25) is 0 Å². The summed E-state index contributed by atoms with van der Waals surface area (Å²) >= 11 is 3.44. The van der Waals surface area contributed by atoms with Gasteiger partial charge in [0.15, 0.2) is 0 Å². The van der Waals surface area contributed by atoms with E-state index in [2.05, 4.69) is 36.0 Å². The third kappa shape index (κ3) is 4.92. The summed E-state index contributed by atoms with van der Waals surface area (Å²) in [6, 6.07) is 8.00. The zero-order valence-electron chi connectivity index (χ0n) is 16.1. The summed E-state index contributed by atoms with van der Waals surface area (Å²) in [4.78, 5) is 33.8. The van der Waals surface area contributed by atoms with E-state index in [4.69, 9.17) is 0 Å². The van der Waals surface area contributed by atoms with Crippen molar-refractivity contribution in [1.82, 2.24) is 20.2 Å². The maximum atomic E-state index is 12.8. The Kier molecular flexibility index (Phi) is 6.72. The van der Waals surface area contributed by atoms with E-state index in [0.29, 0.717) is 13.0 Å². The van der Waals surface area contributed by atoms with Crippen LogP contribution in [0.15, 0.2) is 34.9 Å². The largest absolute Gasteiger partial charge is 0.453 e. The number of benzene rings is 1. The van der Waals surface area contributed by atoms with Crippen molar-refractivity contribution >= 4 is 27.9 Å². The van der Waals surface area contributed by atoms with E-state index >= 15 is 0 Å². The Balaban J connectivity index is 1.63. The number of aromatic amines is 1. The first-order valence-corrected chi connectivity index (χ1v) is 10.2. The average molecular weight is 449 g/mol. The number of carbonyl (C=O) groups is 2. The zero-order valence-corrected chi connectivity index (χ0v) is 17.7. The van der Waals surface area contributed by atoms with E-state index in [9.17, 15) is 9.59 Å². The van der Waals surface area contributed by atoms with Crippen molar-refractivity contribution in [3.63, 3.8) is 0 Å². The molecule has 1 fully saturated rings. The molecule has 28 heavy (non-hydrogen) atoms. The number of H-pyrrole nitrogens is 1. The topological polar surface area (TPSA) is 87.3 Å². The maximum absolute atomic E-state index is 12.8. The first kappa shape index (κ1) is 20.4. The number of halogens is 1. The van der Waals surface area contributed by atoms with Gasteiger partial charge in [-0.3, -0.25) is 4.79 Å². The number of amides is 2. The van der Waals surface area contributed by atoms with Gasteiger partial charge in [-0.25, -0.2) is 9.78 Å². The van der Waals surface area contributed by atoms with Gasteiger partial charge in [0.1, 0.15) is 5.82 Å². The molecule has 2 amide bonds. The lowest BCUT2D eigenvalue weighted by atomic mass is 10.1. The summed E-state index contributed by atoms with van der Waals surface area (Å²) < 4.78 is 5.59. The minimum atomic E-state index is -0.477. The molecule has 2 N–H and O–H groups in total. The number of ether oxygens (including phenoxy) is 1. The van der Waals surface area contributed by atoms with Crippen LogP contribution in [0.1, 0.15) is 38.1 Å². The SMILES string of the molecule is COC(=O)NCC(C)CC(=O)N1CCCC1c1ncc(-c2ccc(Br)cc2)[nH]1. The van der Waals surface area contributed by atoms with E-state index < -0.39 is 6.09 Å². The molecule has 1 aliphatic rings. The highest BCUT2D eigenvalue weighted by molar-refractivity contribution is 9.10. The van der Waals surface area contributed by atoms with Gasteiger partial charge in [-0.15, -0.1) is 0 Å². The van der Waals surface area contributed by atoms with Crippen molar-refractivity contribution < 1.29 is 14.3 Å². The number of likely N-dealkylation sites (tertiary alicyclic amines) is 1. The number of carbonyl (C=O) groups excluding carboxylic acids is 2. The minimum Gasteiger partial charge on any atom is -0.453 e.